The average molecular weight is 438 g/mol. The summed E-state index contributed by atoms with van der Waals surface area (Å²) < 4.78 is 11.5. The lowest BCUT2D eigenvalue weighted by atomic mass is 10.1. The van der Waals surface area contributed by atoms with E-state index in [1.807, 2.05) is 12.1 Å². The highest BCUT2D eigenvalue weighted by atomic mass is 32.2. The second-order valence-electron chi connectivity index (χ2n) is 6.19. The molecule has 7 nitrogen and oxygen atoms in total. The van der Waals surface area contributed by atoms with Crippen molar-refractivity contribution >= 4 is 51.7 Å². The van der Waals surface area contributed by atoms with E-state index in [1.165, 1.54) is 35.9 Å². The lowest BCUT2D eigenvalue weighted by molar-refractivity contribution is -0.384. The topological polar surface area (TPSA) is 85.8 Å². The van der Waals surface area contributed by atoms with Crippen LogP contribution >= 0.6 is 24.0 Å². The van der Waals surface area contributed by atoms with Crippen molar-refractivity contribution < 1.29 is 18.9 Å². The van der Waals surface area contributed by atoms with E-state index in [0.717, 1.165) is 0 Å². The van der Waals surface area contributed by atoms with Crippen LogP contribution in [-0.2, 0) is 4.79 Å². The molecule has 0 atom stereocenters. The van der Waals surface area contributed by atoms with Crippen LogP contribution in [0.4, 0.5) is 11.4 Å². The fourth-order valence-corrected chi connectivity index (χ4v) is 4.22. The number of furan rings is 1. The third-order valence-corrected chi connectivity index (χ3v) is 5.68. The highest BCUT2D eigenvalue weighted by molar-refractivity contribution is 8.27. The van der Waals surface area contributed by atoms with Crippen LogP contribution in [0, 0.1) is 10.1 Å². The quantitative estimate of drug-likeness (QED) is 0.232. The first-order valence-corrected chi connectivity index (χ1v) is 9.96. The number of nitro groups is 1. The van der Waals surface area contributed by atoms with Gasteiger partial charge in [0.15, 0.2) is 4.32 Å². The van der Waals surface area contributed by atoms with Gasteiger partial charge in [-0.25, -0.2) is 0 Å². The molecule has 1 saturated heterocycles. The Morgan fingerprint density at radius 3 is 2.57 bits per heavy atom. The van der Waals surface area contributed by atoms with Gasteiger partial charge in [-0.3, -0.25) is 19.8 Å². The summed E-state index contributed by atoms with van der Waals surface area (Å²) in [6.07, 6.45) is 1.63. The van der Waals surface area contributed by atoms with Crippen molar-refractivity contribution in [1.82, 2.24) is 0 Å². The van der Waals surface area contributed by atoms with E-state index in [0.29, 0.717) is 37.7 Å². The molecule has 150 valence electrons. The summed E-state index contributed by atoms with van der Waals surface area (Å²) in [5.41, 5.74) is 1.28. The van der Waals surface area contributed by atoms with Crippen molar-refractivity contribution in [3.63, 3.8) is 0 Å². The first kappa shape index (κ1) is 19.9. The number of rotatable bonds is 5. The van der Waals surface area contributed by atoms with E-state index < -0.39 is 4.92 Å². The number of para-hydroxylation sites is 2. The lowest BCUT2D eigenvalue weighted by Gasteiger charge is -2.17. The van der Waals surface area contributed by atoms with Crippen LogP contribution < -0.4 is 9.64 Å². The standard InChI is InChI=1S/C21H14N2O5S2/c1-27-18-5-3-2-4-16(18)22-20(24)19(30-21(22)29)12-15-10-11-17(28-15)13-6-8-14(9-7-13)23(25)26/h2-12H,1H3. The minimum atomic E-state index is -0.457. The molecule has 0 bridgehead atoms. The van der Waals surface area contributed by atoms with Crippen LogP contribution in [0.3, 0.4) is 0 Å². The lowest BCUT2D eigenvalue weighted by Crippen LogP contribution is -2.27. The smallest absolute Gasteiger partial charge is 0.271 e. The predicted molar refractivity (Wildman–Crippen MR) is 119 cm³/mol. The van der Waals surface area contributed by atoms with Crippen LogP contribution in [-0.4, -0.2) is 22.3 Å². The molecular weight excluding hydrogens is 424 g/mol. The summed E-state index contributed by atoms with van der Waals surface area (Å²) in [5, 5.41) is 10.8. The Balaban J connectivity index is 1.59. The number of thioether (sulfide) groups is 1. The van der Waals surface area contributed by atoms with Crippen LogP contribution in [0.25, 0.3) is 17.4 Å². The Morgan fingerprint density at radius 1 is 1.13 bits per heavy atom. The first-order chi connectivity index (χ1) is 14.5. The fourth-order valence-electron chi connectivity index (χ4n) is 2.95. The van der Waals surface area contributed by atoms with Gasteiger partial charge < -0.3 is 9.15 Å². The van der Waals surface area contributed by atoms with Crippen molar-refractivity contribution in [1.29, 1.82) is 0 Å². The maximum atomic E-state index is 13.0. The molecule has 0 aliphatic carbocycles. The van der Waals surface area contributed by atoms with E-state index >= 15 is 0 Å². The van der Waals surface area contributed by atoms with Gasteiger partial charge in [0.25, 0.3) is 11.6 Å². The third kappa shape index (κ3) is 3.72. The summed E-state index contributed by atoms with van der Waals surface area (Å²) in [6, 6.07) is 16.7. The summed E-state index contributed by atoms with van der Waals surface area (Å²) in [5.74, 6) is 1.30. The van der Waals surface area contributed by atoms with E-state index in [1.54, 1.807) is 42.5 Å². The number of amides is 1. The molecule has 1 aliphatic heterocycles. The molecule has 2 heterocycles. The Morgan fingerprint density at radius 2 is 1.87 bits per heavy atom. The molecule has 0 N–H and O–H groups in total. The van der Waals surface area contributed by atoms with Crippen molar-refractivity contribution in [2.45, 2.75) is 0 Å². The molecule has 1 amide bonds. The molecule has 0 saturated carbocycles. The maximum absolute atomic E-state index is 13.0. The number of hydrogen-bond donors (Lipinski definition) is 0. The summed E-state index contributed by atoms with van der Waals surface area (Å²) in [7, 11) is 1.54. The van der Waals surface area contributed by atoms with Crippen LogP contribution in [0.5, 0.6) is 5.75 Å². The van der Waals surface area contributed by atoms with Gasteiger partial charge in [0.05, 0.1) is 22.6 Å². The number of methoxy groups -OCH3 is 1. The van der Waals surface area contributed by atoms with E-state index in [2.05, 4.69) is 0 Å². The van der Waals surface area contributed by atoms with E-state index in [9.17, 15) is 14.9 Å². The number of nitro benzene ring substituents is 1. The molecule has 1 fully saturated rings. The van der Waals surface area contributed by atoms with Gasteiger partial charge in [0, 0.05) is 23.8 Å². The molecule has 4 rings (SSSR count). The average Bonchev–Trinajstić information content (AvgIpc) is 3.32. The number of non-ortho nitro benzene ring substituents is 1. The number of thiocarbonyl (C=S) groups is 1. The highest BCUT2D eigenvalue weighted by Crippen LogP contribution is 2.40. The van der Waals surface area contributed by atoms with Gasteiger partial charge in [-0.2, -0.15) is 0 Å². The second kappa shape index (κ2) is 8.13. The zero-order chi connectivity index (χ0) is 21.3. The van der Waals surface area contributed by atoms with Crippen LogP contribution in [0.2, 0.25) is 0 Å². The Kier molecular flexibility index (Phi) is 5.39. The number of anilines is 1. The molecule has 9 heteroatoms. The van der Waals surface area contributed by atoms with E-state index in [4.69, 9.17) is 21.4 Å². The van der Waals surface area contributed by atoms with Crippen LogP contribution in [0.15, 0.2) is 70.0 Å². The third-order valence-electron chi connectivity index (χ3n) is 4.38. The zero-order valence-electron chi connectivity index (χ0n) is 15.6. The second-order valence-corrected chi connectivity index (χ2v) is 7.87. The van der Waals surface area contributed by atoms with Crippen molar-refractivity contribution in [3.8, 4) is 17.1 Å². The van der Waals surface area contributed by atoms with Crippen molar-refractivity contribution in [2.24, 2.45) is 0 Å². The molecule has 0 unspecified atom stereocenters. The number of hydrogen-bond acceptors (Lipinski definition) is 7. The fraction of sp³-hybridized carbons (Fsp3) is 0.0476. The van der Waals surface area contributed by atoms with Gasteiger partial charge in [-0.15, -0.1) is 0 Å². The SMILES string of the molecule is COc1ccccc1N1C(=O)C(=Cc2ccc(-c3ccc([N+](=O)[O-])cc3)o2)SC1=S. The molecule has 3 aromatic rings. The van der Waals surface area contributed by atoms with Gasteiger partial charge in [0.1, 0.15) is 17.3 Å². The monoisotopic (exact) mass is 438 g/mol. The van der Waals surface area contributed by atoms with Crippen LogP contribution in [0.1, 0.15) is 5.76 Å². The summed E-state index contributed by atoms with van der Waals surface area (Å²) in [4.78, 5) is 25.2. The minimum absolute atomic E-state index is 0.00513. The zero-order valence-corrected chi connectivity index (χ0v) is 17.2. The Labute approximate surface area is 181 Å². The molecule has 0 radical (unpaired) electrons. The van der Waals surface area contributed by atoms with E-state index in [-0.39, 0.29) is 11.6 Å². The van der Waals surface area contributed by atoms with Gasteiger partial charge >= 0.3 is 0 Å². The van der Waals surface area contributed by atoms with Gasteiger partial charge in [-0.1, -0.05) is 36.1 Å². The van der Waals surface area contributed by atoms with Crippen molar-refractivity contribution in [2.75, 3.05) is 12.0 Å². The number of ether oxygens (including phenoxy) is 1. The van der Waals surface area contributed by atoms with Crippen molar-refractivity contribution in [3.05, 3.63) is 81.4 Å². The van der Waals surface area contributed by atoms with Gasteiger partial charge in [-0.05, 0) is 36.4 Å². The minimum Gasteiger partial charge on any atom is -0.495 e. The first-order valence-electron chi connectivity index (χ1n) is 8.73. The number of carbonyl (C=O) groups excluding carboxylic acids is 1. The summed E-state index contributed by atoms with van der Waals surface area (Å²) in [6.45, 7) is 0. The molecule has 30 heavy (non-hydrogen) atoms. The molecule has 2 aromatic carbocycles. The number of benzene rings is 2. The molecule has 1 aromatic heterocycles. The summed E-state index contributed by atoms with van der Waals surface area (Å²) >= 11 is 6.58. The molecule has 1 aliphatic rings. The highest BCUT2D eigenvalue weighted by Gasteiger charge is 2.35. The maximum Gasteiger partial charge on any atom is 0.271 e. The Bertz CT molecular complexity index is 1180. The van der Waals surface area contributed by atoms with Gasteiger partial charge in [0.2, 0.25) is 0 Å². The molecular formula is C21H14N2O5S2. The Hall–Kier alpha value is -3.43. The largest absolute Gasteiger partial charge is 0.495 e. The predicted octanol–water partition coefficient (Wildman–Crippen LogP) is 5.27. The molecule has 0 spiro atoms. The normalized spacial score (nSPS) is 15.1. The number of carbonyl (C=O) groups is 1. The number of nitrogens with zero attached hydrogens (tertiary/aromatic N) is 2.